The molecular weight excluding hydrogens is 438 g/mol. The molecule has 0 atom stereocenters. The molecule has 0 unspecified atom stereocenters. The van der Waals surface area contributed by atoms with Crippen LogP contribution in [0.4, 0.5) is 8.78 Å². The first-order valence-corrected chi connectivity index (χ1v) is 13.9. The van der Waals surface area contributed by atoms with Gasteiger partial charge in [0.15, 0.2) is 11.6 Å². The lowest BCUT2D eigenvalue weighted by atomic mass is 9.68. The molecule has 0 N–H and O–H groups in total. The number of halogens is 2. The van der Waals surface area contributed by atoms with Crippen LogP contribution in [0.25, 0.3) is 11.1 Å². The van der Waals surface area contributed by atoms with Crippen LogP contribution in [0.1, 0.15) is 90.0 Å². The largest absolute Gasteiger partial charge is 0.462 e. The van der Waals surface area contributed by atoms with Gasteiger partial charge in [0.1, 0.15) is 0 Å². The molecule has 2 saturated carbocycles. The van der Waals surface area contributed by atoms with E-state index in [4.69, 9.17) is 4.74 Å². The highest BCUT2D eigenvalue weighted by Gasteiger charge is 2.30. The van der Waals surface area contributed by atoms with Crippen LogP contribution in [0.3, 0.4) is 0 Å². The summed E-state index contributed by atoms with van der Waals surface area (Å²) in [4.78, 5) is 0. The van der Waals surface area contributed by atoms with E-state index in [0.29, 0.717) is 5.56 Å². The molecule has 2 aromatic rings. The van der Waals surface area contributed by atoms with Gasteiger partial charge < -0.3 is 4.74 Å². The fraction of sp³-hybridized carbons (Fsp3) is 0.562. The monoisotopic (exact) mass is 480 g/mol. The quantitative estimate of drug-likeness (QED) is 0.324. The van der Waals surface area contributed by atoms with Crippen LogP contribution in [-0.2, 0) is 6.42 Å². The molecule has 0 spiro atoms. The lowest BCUT2D eigenvalue weighted by molar-refractivity contribution is 0.141. The minimum Gasteiger partial charge on any atom is -0.462 e. The maximum absolute atomic E-state index is 14.6. The van der Waals surface area contributed by atoms with Crippen LogP contribution in [0.5, 0.6) is 5.75 Å². The molecule has 0 aliphatic heterocycles. The fourth-order valence-corrected chi connectivity index (χ4v) is 6.51. The van der Waals surface area contributed by atoms with Crippen molar-refractivity contribution in [3.63, 3.8) is 0 Å². The number of aryl methyl sites for hydroxylation is 1. The summed E-state index contributed by atoms with van der Waals surface area (Å²) in [6.07, 6.45) is 19.5. The van der Waals surface area contributed by atoms with E-state index in [1.807, 2.05) is 12.1 Å². The summed E-state index contributed by atoms with van der Waals surface area (Å²) in [7, 11) is 0. The summed E-state index contributed by atoms with van der Waals surface area (Å²) in [6, 6.07) is 11.0. The normalized spacial score (nSPS) is 25.1. The van der Waals surface area contributed by atoms with E-state index in [-0.39, 0.29) is 11.3 Å². The van der Waals surface area contributed by atoms with E-state index in [0.717, 1.165) is 30.1 Å². The second-order valence-corrected chi connectivity index (χ2v) is 10.9. The Morgan fingerprint density at radius 1 is 0.771 bits per heavy atom. The molecular formula is C32H42F2O. The highest BCUT2D eigenvalue weighted by atomic mass is 19.2. The molecule has 0 radical (unpaired) electrons. The van der Waals surface area contributed by atoms with Crippen LogP contribution < -0.4 is 4.74 Å². The molecule has 0 amide bonds. The average Bonchev–Trinajstić information content (AvgIpc) is 2.90. The Balaban J connectivity index is 1.24. The third kappa shape index (κ3) is 6.74. The molecule has 2 aliphatic rings. The van der Waals surface area contributed by atoms with Gasteiger partial charge in [-0.1, -0.05) is 75.8 Å². The van der Waals surface area contributed by atoms with Crippen LogP contribution >= 0.6 is 0 Å². The predicted molar refractivity (Wildman–Crippen MR) is 141 cm³/mol. The zero-order valence-electron chi connectivity index (χ0n) is 21.6. The van der Waals surface area contributed by atoms with Gasteiger partial charge in [-0.05, 0) is 92.4 Å². The fourth-order valence-electron chi connectivity index (χ4n) is 6.51. The van der Waals surface area contributed by atoms with Gasteiger partial charge in [-0.2, -0.15) is 4.39 Å². The van der Waals surface area contributed by atoms with Crippen molar-refractivity contribution in [2.24, 2.45) is 23.7 Å². The van der Waals surface area contributed by atoms with Crippen LogP contribution in [0, 0.1) is 35.3 Å². The molecule has 2 fully saturated rings. The van der Waals surface area contributed by atoms with Gasteiger partial charge in [0.25, 0.3) is 0 Å². The molecule has 2 aromatic carbocycles. The summed E-state index contributed by atoms with van der Waals surface area (Å²) in [5.74, 6) is 1.89. The molecule has 0 aromatic heterocycles. The minimum absolute atomic E-state index is 0.0973. The van der Waals surface area contributed by atoms with Crippen molar-refractivity contribution in [1.82, 2.24) is 0 Å². The van der Waals surface area contributed by atoms with E-state index in [9.17, 15) is 8.78 Å². The maximum Gasteiger partial charge on any atom is 0.201 e. The Labute approximate surface area is 211 Å². The maximum atomic E-state index is 14.6. The van der Waals surface area contributed by atoms with Crippen molar-refractivity contribution in [3.8, 4) is 16.9 Å². The SMILES string of the molecule is CC=COc1ccc(-c2ccc(CCC3CCC(C4CCC(CCC)CC4)CC3)cc2)c(F)c1F. The first-order valence-electron chi connectivity index (χ1n) is 13.9. The smallest absolute Gasteiger partial charge is 0.201 e. The van der Waals surface area contributed by atoms with E-state index in [1.54, 1.807) is 19.1 Å². The molecule has 0 saturated heterocycles. The summed E-state index contributed by atoms with van der Waals surface area (Å²) in [5.41, 5.74) is 2.24. The minimum atomic E-state index is -0.950. The summed E-state index contributed by atoms with van der Waals surface area (Å²) < 4.78 is 34.1. The predicted octanol–water partition coefficient (Wildman–Crippen LogP) is 9.89. The molecule has 0 bridgehead atoms. The van der Waals surface area contributed by atoms with Crippen LogP contribution in [0.2, 0.25) is 0 Å². The molecule has 3 heteroatoms. The van der Waals surface area contributed by atoms with Gasteiger partial charge in [-0.25, -0.2) is 4.39 Å². The third-order valence-electron chi connectivity index (χ3n) is 8.63. The first-order chi connectivity index (χ1) is 17.1. The lowest BCUT2D eigenvalue weighted by Crippen LogP contribution is -2.26. The Bertz CT molecular complexity index is 948. The topological polar surface area (TPSA) is 9.23 Å². The zero-order valence-corrected chi connectivity index (χ0v) is 21.6. The summed E-state index contributed by atoms with van der Waals surface area (Å²) in [5, 5.41) is 0. The van der Waals surface area contributed by atoms with Crippen molar-refractivity contribution in [2.75, 3.05) is 0 Å². The Hall–Kier alpha value is -2.16. The van der Waals surface area contributed by atoms with Gasteiger partial charge in [0.05, 0.1) is 6.26 Å². The highest BCUT2D eigenvalue weighted by molar-refractivity contribution is 5.65. The standard InChI is InChI=1S/C32H42F2O/c1-3-5-23-8-14-26(15-9-23)27-16-10-24(11-17-27)6-7-25-12-18-28(19-13-25)29-20-21-30(35-22-4-2)32(34)31(29)33/h4,12-13,18-24,26-27H,3,5-11,14-17H2,1-2H3. The van der Waals surface area contributed by atoms with E-state index < -0.39 is 11.6 Å². The number of hydrogen-bond acceptors (Lipinski definition) is 1. The molecule has 2 aliphatic carbocycles. The van der Waals surface area contributed by atoms with Gasteiger partial charge in [0, 0.05) is 5.56 Å². The van der Waals surface area contributed by atoms with Crippen molar-refractivity contribution in [1.29, 1.82) is 0 Å². The number of ether oxygens (including phenoxy) is 1. The van der Waals surface area contributed by atoms with Crippen LogP contribution in [-0.4, -0.2) is 0 Å². The van der Waals surface area contributed by atoms with Crippen molar-refractivity contribution >= 4 is 0 Å². The second kappa shape index (κ2) is 12.7. The van der Waals surface area contributed by atoms with Gasteiger partial charge in [-0.3, -0.25) is 0 Å². The van der Waals surface area contributed by atoms with Crippen molar-refractivity contribution in [2.45, 2.75) is 90.9 Å². The number of allylic oxidation sites excluding steroid dienone is 1. The van der Waals surface area contributed by atoms with Crippen molar-refractivity contribution in [3.05, 3.63) is 65.9 Å². The third-order valence-corrected chi connectivity index (χ3v) is 8.63. The lowest BCUT2D eigenvalue weighted by Gasteiger charge is -2.38. The van der Waals surface area contributed by atoms with Crippen molar-refractivity contribution < 1.29 is 13.5 Å². The second-order valence-electron chi connectivity index (χ2n) is 10.9. The Morgan fingerprint density at radius 3 is 1.94 bits per heavy atom. The molecule has 35 heavy (non-hydrogen) atoms. The number of rotatable bonds is 9. The first kappa shape index (κ1) is 25.9. The highest BCUT2D eigenvalue weighted by Crippen LogP contribution is 2.43. The summed E-state index contributed by atoms with van der Waals surface area (Å²) in [6.45, 7) is 4.08. The Kier molecular flexibility index (Phi) is 9.40. The summed E-state index contributed by atoms with van der Waals surface area (Å²) >= 11 is 0. The number of hydrogen-bond donors (Lipinski definition) is 0. The molecule has 1 nitrogen and oxygen atoms in total. The van der Waals surface area contributed by atoms with E-state index in [1.165, 1.54) is 88.5 Å². The number of benzene rings is 2. The van der Waals surface area contributed by atoms with Gasteiger partial charge in [0.2, 0.25) is 5.82 Å². The van der Waals surface area contributed by atoms with E-state index >= 15 is 0 Å². The zero-order chi connectivity index (χ0) is 24.6. The Morgan fingerprint density at radius 2 is 1.37 bits per heavy atom. The van der Waals surface area contributed by atoms with Gasteiger partial charge >= 0.3 is 0 Å². The van der Waals surface area contributed by atoms with Crippen LogP contribution in [0.15, 0.2) is 48.7 Å². The van der Waals surface area contributed by atoms with E-state index in [2.05, 4.69) is 19.1 Å². The average molecular weight is 481 g/mol. The molecule has 0 heterocycles. The molecule has 4 rings (SSSR count). The molecule has 190 valence electrons. The van der Waals surface area contributed by atoms with Gasteiger partial charge in [-0.15, -0.1) is 0 Å².